The molecule has 0 saturated heterocycles. The molecule has 1 aliphatic rings. The molecule has 0 bridgehead atoms. The fraction of sp³-hybridized carbons (Fsp3) is 0.714. The molecule has 0 aromatic heterocycles. The Balaban J connectivity index is 2.49. The molecule has 1 aliphatic carbocycles. The SMILES string of the molecule is CC1CC[C]=C1CO. The van der Waals surface area contributed by atoms with E-state index in [1.54, 1.807) is 0 Å². The lowest BCUT2D eigenvalue weighted by molar-refractivity contribution is 0.318. The minimum Gasteiger partial charge on any atom is -0.392 e. The van der Waals surface area contributed by atoms with Crippen LogP contribution in [0.5, 0.6) is 0 Å². The van der Waals surface area contributed by atoms with E-state index >= 15 is 0 Å². The van der Waals surface area contributed by atoms with E-state index in [0.29, 0.717) is 5.92 Å². The van der Waals surface area contributed by atoms with Crippen molar-refractivity contribution in [3.05, 3.63) is 11.6 Å². The van der Waals surface area contributed by atoms with Crippen molar-refractivity contribution >= 4 is 0 Å². The van der Waals surface area contributed by atoms with E-state index in [1.807, 2.05) is 0 Å². The lowest BCUT2D eigenvalue weighted by Crippen LogP contribution is -1.96. The summed E-state index contributed by atoms with van der Waals surface area (Å²) in [5.41, 5.74) is 1.10. The maximum Gasteiger partial charge on any atom is 0.0650 e. The standard InChI is InChI=1S/C7H11O/c1-6-3-2-4-7(6)5-8/h6,8H,2-3,5H2,1H3. The van der Waals surface area contributed by atoms with Crippen LogP contribution in [0.3, 0.4) is 0 Å². The summed E-state index contributed by atoms with van der Waals surface area (Å²) in [5.74, 6) is 0.583. The van der Waals surface area contributed by atoms with Crippen LogP contribution in [0.4, 0.5) is 0 Å². The Morgan fingerprint density at radius 1 is 1.88 bits per heavy atom. The quantitative estimate of drug-likeness (QED) is 0.538. The van der Waals surface area contributed by atoms with Crippen molar-refractivity contribution in [2.24, 2.45) is 5.92 Å². The van der Waals surface area contributed by atoms with Crippen LogP contribution < -0.4 is 0 Å². The summed E-state index contributed by atoms with van der Waals surface area (Å²) in [6, 6.07) is 0. The number of hydrogen-bond acceptors (Lipinski definition) is 1. The average Bonchev–Trinajstić information content (AvgIpc) is 2.14. The van der Waals surface area contributed by atoms with Gasteiger partial charge in [0, 0.05) is 0 Å². The number of hydrogen-bond donors (Lipinski definition) is 1. The van der Waals surface area contributed by atoms with Gasteiger partial charge in [-0.3, -0.25) is 0 Å². The van der Waals surface area contributed by atoms with E-state index in [2.05, 4.69) is 13.0 Å². The Morgan fingerprint density at radius 2 is 2.62 bits per heavy atom. The largest absolute Gasteiger partial charge is 0.392 e. The zero-order valence-corrected chi connectivity index (χ0v) is 5.15. The second-order valence-corrected chi connectivity index (χ2v) is 2.30. The fourth-order valence-corrected chi connectivity index (χ4v) is 1.01. The predicted molar refractivity (Wildman–Crippen MR) is 32.2 cm³/mol. The molecule has 8 heavy (non-hydrogen) atoms. The first-order chi connectivity index (χ1) is 3.84. The summed E-state index contributed by atoms with van der Waals surface area (Å²) in [6.07, 6.45) is 5.34. The molecule has 0 saturated carbocycles. The van der Waals surface area contributed by atoms with Crippen molar-refractivity contribution in [2.45, 2.75) is 19.8 Å². The van der Waals surface area contributed by atoms with Crippen LogP contribution in [0.2, 0.25) is 0 Å². The van der Waals surface area contributed by atoms with Crippen molar-refractivity contribution < 1.29 is 5.11 Å². The van der Waals surface area contributed by atoms with Crippen LogP contribution >= 0.6 is 0 Å². The average molecular weight is 111 g/mol. The third kappa shape index (κ3) is 0.920. The number of aliphatic hydroxyl groups is 1. The highest BCUT2D eigenvalue weighted by Gasteiger charge is 2.12. The van der Waals surface area contributed by atoms with Crippen LogP contribution in [0, 0.1) is 12.0 Å². The second kappa shape index (κ2) is 2.31. The Bertz CT molecular complexity index is 105. The summed E-state index contributed by atoms with van der Waals surface area (Å²) in [4.78, 5) is 0. The van der Waals surface area contributed by atoms with Crippen LogP contribution in [0.25, 0.3) is 0 Å². The smallest absolute Gasteiger partial charge is 0.0650 e. The Morgan fingerprint density at radius 3 is 2.88 bits per heavy atom. The predicted octanol–water partition coefficient (Wildman–Crippen LogP) is 1.14. The van der Waals surface area contributed by atoms with Crippen molar-refractivity contribution in [3.8, 4) is 0 Å². The first-order valence-electron chi connectivity index (χ1n) is 3.05. The molecule has 0 aromatic rings. The van der Waals surface area contributed by atoms with Gasteiger partial charge in [0.1, 0.15) is 0 Å². The number of rotatable bonds is 1. The zero-order valence-electron chi connectivity index (χ0n) is 5.15. The van der Waals surface area contributed by atoms with Crippen LogP contribution in [-0.4, -0.2) is 11.7 Å². The molecule has 1 unspecified atom stereocenters. The molecular weight excluding hydrogens is 100 g/mol. The first kappa shape index (κ1) is 5.83. The first-order valence-corrected chi connectivity index (χ1v) is 3.05. The monoisotopic (exact) mass is 111 g/mol. The Labute approximate surface area is 50.0 Å². The third-order valence-corrected chi connectivity index (χ3v) is 1.69. The van der Waals surface area contributed by atoms with Crippen molar-refractivity contribution in [1.29, 1.82) is 0 Å². The molecule has 45 valence electrons. The molecule has 0 aliphatic heterocycles. The molecule has 0 fully saturated rings. The highest BCUT2D eigenvalue weighted by atomic mass is 16.3. The summed E-state index contributed by atoms with van der Waals surface area (Å²) < 4.78 is 0. The lowest BCUT2D eigenvalue weighted by Gasteiger charge is -2.02. The summed E-state index contributed by atoms with van der Waals surface area (Å²) >= 11 is 0. The molecule has 0 spiro atoms. The molecule has 1 radical (unpaired) electrons. The molecule has 1 heteroatoms. The van der Waals surface area contributed by atoms with Gasteiger partial charge in [-0.05, 0) is 30.4 Å². The maximum absolute atomic E-state index is 8.64. The van der Waals surface area contributed by atoms with Gasteiger partial charge < -0.3 is 5.11 Å². The molecule has 0 aromatic carbocycles. The molecule has 1 rings (SSSR count). The molecule has 1 N–H and O–H groups in total. The topological polar surface area (TPSA) is 20.2 Å². The third-order valence-electron chi connectivity index (χ3n) is 1.69. The summed E-state index contributed by atoms with van der Waals surface area (Å²) in [7, 11) is 0. The van der Waals surface area contributed by atoms with Gasteiger partial charge in [-0.1, -0.05) is 6.92 Å². The van der Waals surface area contributed by atoms with Crippen molar-refractivity contribution in [1.82, 2.24) is 0 Å². The molecule has 1 nitrogen and oxygen atoms in total. The fourth-order valence-electron chi connectivity index (χ4n) is 1.01. The molecule has 0 amide bonds. The van der Waals surface area contributed by atoms with Gasteiger partial charge in [-0.2, -0.15) is 0 Å². The molecular formula is C7H11O. The molecule has 0 heterocycles. The van der Waals surface area contributed by atoms with E-state index in [0.717, 1.165) is 12.0 Å². The minimum atomic E-state index is 0.209. The van der Waals surface area contributed by atoms with Crippen LogP contribution in [-0.2, 0) is 0 Å². The maximum atomic E-state index is 8.64. The van der Waals surface area contributed by atoms with E-state index in [9.17, 15) is 0 Å². The normalized spacial score (nSPS) is 28.2. The van der Waals surface area contributed by atoms with Gasteiger partial charge in [-0.15, -0.1) is 0 Å². The van der Waals surface area contributed by atoms with Gasteiger partial charge >= 0.3 is 0 Å². The van der Waals surface area contributed by atoms with Crippen LogP contribution in [0.15, 0.2) is 5.57 Å². The van der Waals surface area contributed by atoms with E-state index in [4.69, 9.17) is 5.11 Å². The van der Waals surface area contributed by atoms with Gasteiger partial charge in [0.15, 0.2) is 0 Å². The van der Waals surface area contributed by atoms with E-state index in [-0.39, 0.29) is 6.61 Å². The van der Waals surface area contributed by atoms with E-state index in [1.165, 1.54) is 6.42 Å². The highest BCUT2D eigenvalue weighted by Crippen LogP contribution is 2.22. The van der Waals surface area contributed by atoms with Crippen molar-refractivity contribution in [2.75, 3.05) is 6.61 Å². The number of aliphatic hydroxyl groups excluding tert-OH is 1. The Kier molecular flexibility index (Phi) is 1.69. The zero-order chi connectivity index (χ0) is 5.98. The minimum absolute atomic E-state index is 0.209. The lowest BCUT2D eigenvalue weighted by atomic mass is 10.1. The summed E-state index contributed by atoms with van der Waals surface area (Å²) in [6.45, 7) is 2.34. The van der Waals surface area contributed by atoms with Gasteiger partial charge in [0.2, 0.25) is 0 Å². The van der Waals surface area contributed by atoms with Gasteiger partial charge in [0.05, 0.1) is 6.61 Å². The van der Waals surface area contributed by atoms with Gasteiger partial charge in [0.25, 0.3) is 0 Å². The van der Waals surface area contributed by atoms with Gasteiger partial charge in [-0.25, -0.2) is 0 Å². The van der Waals surface area contributed by atoms with Crippen molar-refractivity contribution in [3.63, 3.8) is 0 Å². The summed E-state index contributed by atoms with van der Waals surface area (Å²) in [5, 5.41) is 8.64. The van der Waals surface area contributed by atoms with Crippen LogP contribution in [0.1, 0.15) is 19.8 Å². The molecule has 1 atom stereocenters. The highest BCUT2D eigenvalue weighted by molar-refractivity contribution is 5.06. The Hall–Kier alpha value is -0.300. The second-order valence-electron chi connectivity index (χ2n) is 2.30. The van der Waals surface area contributed by atoms with E-state index < -0.39 is 0 Å². The number of allylic oxidation sites excluding steroid dienone is 1.